The number of nitrogen functional groups attached to an aromatic ring is 1. The maximum Gasteiger partial charge on any atom is 0.223 e. The normalized spacial score (nSPS) is 23.9. The Morgan fingerprint density at radius 2 is 2.39 bits per heavy atom. The Hall–Kier alpha value is -1.44. The first kappa shape index (κ1) is 11.6. The van der Waals surface area contributed by atoms with Gasteiger partial charge in [0, 0.05) is 0 Å². The smallest absolute Gasteiger partial charge is 0.223 e. The van der Waals surface area contributed by atoms with Gasteiger partial charge in [-0.15, -0.1) is 0 Å². The maximum absolute atomic E-state index is 5.96. The average molecular weight is 270 g/mol. The number of hydrogen-bond acceptors (Lipinski definition) is 6. The van der Waals surface area contributed by atoms with E-state index in [1.807, 2.05) is 6.92 Å². The number of hydrogen-bond donors (Lipinski definition) is 1. The molecule has 0 aliphatic carbocycles. The molecule has 1 aliphatic heterocycles. The summed E-state index contributed by atoms with van der Waals surface area (Å²) in [6.07, 6.45) is 1.95. The number of aromatic nitrogens is 4. The zero-order valence-electron chi connectivity index (χ0n) is 9.71. The van der Waals surface area contributed by atoms with E-state index in [4.69, 9.17) is 26.8 Å². The molecule has 0 amide bonds. The molecule has 7 nitrogen and oxygen atoms in total. The van der Waals surface area contributed by atoms with Gasteiger partial charge in [-0.3, -0.25) is 4.57 Å². The van der Waals surface area contributed by atoms with Crippen molar-refractivity contribution in [3.8, 4) is 0 Å². The van der Waals surface area contributed by atoms with Crippen LogP contribution in [0.25, 0.3) is 11.2 Å². The van der Waals surface area contributed by atoms with E-state index in [2.05, 4.69) is 15.0 Å². The van der Waals surface area contributed by atoms with E-state index < -0.39 is 0 Å². The molecule has 96 valence electrons. The molecule has 18 heavy (non-hydrogen) atoms. The van der Waals surface area contributed by atoms with Gasteiger partial charge >= 0.3 is 0 Å². The largest absolute Gasteiger partial charge is 0.368 e. The van der Waals surface area contributed by atoms with E-state index in [0.29, 0.717) is 17.8 Å². The SMILES string of the molecule is CC[C@@H]1OCC(n2cnc3c(Cl)nc(N)nc32)O1. The molecule has 0 spiro atoms. The molecule has 3 rings (SSSR count). The summed E-state index contributed by atoms with van der Waals surface area (Å²) in [5, 5.41) is 0.238. The van der Waals surface area contributed by atoms with Crippen molar-refractivity contribution in [3.63, 3.8) is 0 Å². The third-order valence-electron chi connectivity index (χ3n) is 2.77. The van der Waals surface area contributed by atoms with E-state index >= 15 is 0 Å². The molecular formula is C10H12ClN5O2. The molecule has 2 N–H and O–H groups in total. The van der Waals surface area contributed by atoms with Crippen LogP contribution in [0.3, 0.4) is 0 Å². The Labute approximate surface area is 108 Å². The van der Waals surface area contributed by atoms with Crippen LogP contribution < -0.4 is 5.73 Å². The Morgan fingerprint density at radius 1 is 1.56 bits per heavy atom. The molecule has 2 aromatic heterocycles. The van der Waals surface area contributed by atoms with Gasteiger partial charge in [0.1, 0.15) is 5.52 Å². The number of nitrogens with zero attached hydrogens (tertiary/aromatic N) is 4. The Morgan fingerprint density at radius 3 is 3.11 bits per heavy atom. The minimum absolute atomic E-state index is 0.111. The van der Waals surface area contributed by atoms with Gasteiger partial charge in [0.05, 0.1) is 12.9 Å². The molecule has 2 aromatic rings. The van der Waals surface area contributed by atoms with Crippen LogP contribution in [0.5, 0.6) is 0 Å². The van der Waals surface area contributed by atoms with Gasteiger partial charge in [-0.1, -0.05) is 18.5 Å². The van der Waals surface area contributed by atoms with Crippen LogP contribution >= 0.6 is 11.6 Å². The molecule has 0 bridgehead atoms. The molecule has 8 heteroatoms. The van der Waals surface area contributed by atoms with Crippen LogP contribution in [0.4, 0.5) is 5.95 Å². The minimum atomic E-state index is -0.259. The van der Waals surface area contributed by atoms with Crippen molar-refractivity contribution >= 4 is 28.7 Å². The minimum Gasteiger partial charge on any atom is -0.368 e. The highest BCUT2D eigenvalue weighted by Crippen LogP contribution is 2.27. The first-order valence-corrected chi connectivity index (χ1v) is 5.99. The predicted octanol–water partition coefficient (Wildman–Crippen LogP) is 1.34. The molecule has 3 heterocycles. The second-order valence-electron chi connectivity index (χ2n) is 3.96. The Bertz CT molecular complexity index is 587. The highest BCUT2D eigenvalue weighted by molar-refractivity contribution is 6.33. The molecule has 1 unspecified atom stereocenters. The Kier molecular flexibility index (Phi) is 2.81. The van der Waals surface area contributed by atoms with Crippen molar-refractivity contribution < 1.29 is 9.47 Å². The number of imidazole rings is 1. The predicted molar refractivity (Wildman–Crippen MR) is 64.9 cm³/mol. The van der Waals surface area contributed by atoms with E-state index in [1.165, 1.54) is 0 Å². The van der Waals surface area contributed by atoms with Gasteiger partial charge in [-0.05, 0) is 6.42 Å². The van der Waals surface area contributed by atoms with Crippen molar-refractivity contribution in [2.45, 2.75) is 25.9 Å². The number of halogens is 1. The fourth-order valence-electron chi connectivity index (χ4n) is 1.91. The lowest BCUT2D eigenvalue weighted by molar-refractivity contribution is -0.0715. The Balaban J connectivity index is 2.03. The number of anilines is 1. The number of nitrogens with two attached hydrogens (primary N) is 1. The van der Waals surface area contributed by atoms with Crippen LogP contribution in [0.15, 0.2) is 6.33 Å². The quantitative estimate of drug-likeness (QED) is 0.828. The zero-order valence-corrected chi connectivity index (χ0v) is 10.5. The summed E-state index contributed by atoms with van der Waals surface area (Å²) in [6.45, 7) is 2.45. The van der Waals surface area contributed by atoms with Gasteiger partial charge in [-0.2, -0.15) is 9.97 Å². The lowest BCUT2D eigenvalue weighted by Crippen LogP contribution is -2.12. The summed E-state index contributed by atoms with van der Waals surface area (Å²) in [5.41, 5.74) is 6.65. The van der Waals surface area contributed by atoms with Gasteiger partial charge in [0.15, 0.2) is 23.3 Å². The van der Waals surface area contributed by atoms with Crippen LogP contribution in [0, 0.1) is 0 Å². The maximum atomic E-state index is 5.96. The monoisotopic (exact) mass is 269 g/mol. The molecule has 2 atom stereocenters. The van der Waals surface area contributed by atoms with E-state index in [-0.39, 0.29) is 23.6 Å². The molecule has 0 radical (unpaired) electrons. The second-order valence-corrected chi connectivity index (χ2v) is 4.32. The number of ether oxygens (including phenoxy) is 2. The van der Waals surface area contributed by atoms with Crippen molar-refractivity contribution in [2.75, 3.05) is 12.3 Å². The summed E-state index contributed by atoms with van der Waals surface area (Å²) in [4.78, 5) is 12.2. The molecular weight excluding hydrogens is 258 g/mol. The van der Waals surface area contributed by atoms with Crippen LogP contribution in [0.1, 0.15) is 19.6 Å². The number of rotatable bonds is 2. The fourth-order valence-corrected chi connectivity index (χ4v) is 2.13. The standard InChI is InChI=1S/C10H12ClN5O2/c1-2-6-17-3-5(18-6)16-4-13-7-8(11)14-10(12)15-9(7)16/h4-6H,2-3H2,1H3,(H2,12,14,15)/t5?,6-/m1/s1. The average Bonchev–Trinajstić information content (AvgIpc) is 2.93. The summed E-state index contributed by atoms with van der Waals surface area (Å²) in [7, 11) is 0. The second kappa shape index (κ2) is 4.34. The molecule has 0 aromatic carbocycles. The van der Waals surface area contributed by atoms with Gasteiger partial charge in [0.25, 0.3) is 0 Å². The van der Waals surface area contributed by atoms with E-state index in [1.54, 1.807) is 10.9 Å². The van der Waals surface area contributed by atoms with E-state index in [9.17, 15) is 0 Å². The van der Waals surface area contributed by atoms with Gasteiger partial charge < -0.3 is 15.2 Å². The van der Waals surface area contributed by atoms with Crippen molar-refractivity contribution in [3.05, 3.63) is 11.5 Å². The summed E-state index contributed by atoms with van der Waals surface area (Å²) in [6, 6.07) is 0. The van der Waals surface area contributed by atoms with Crippen LogP contribution in [0.2, 0.25) is 5.15 Å². The molecule has 0 saturated carbocycles. The number of fused-ring (bicyclic) bond motifs is 1. The van der Waals surface area contributed by atoms with Crippen molar-refractivity contribution in [2.24, 2.45) is 0 Å². The first-order chi connectivity index (χ1) is 8.69. The summed E-state index contributed by atoms with van der Waals surface area (Å²) >= 11 is 5.96. The van der Waals surface area contributed by atoms with Crippen LogP contribution in [-0.2, 0) is 9.47 Å². The zero-order chi connectivity index (χ0) is 12.7. The molecule has 1 fully saturated rings. The molecule has 1 aliphatic rings. The third-order valence-corrected chi connectivity index (χ3v) is 3.04. The van der Waals surface area contributed by atoms with Crippen molar-refractivity contribution in [1.82, 2.24) is 19.5 Å². The lowest BCUT2D eigenvalue weighted by atomic mass is 10.5. The fraction of sp³-hybridized carbons (Fsp3) is 0.500. The first-order valence-electron chi connectivity index (χ1n) is 5.61. The lowest BCUT2D eigenvalue weighted by Gasteiger charge is -2.11. The highest BCUT2D eigenvalue weighted by Gasteiger charge is 2.28. The summed E-state index contributed by atoms with van der Waals surface area (Å²) in [5.74, 6) is 0.111. The van der Waals surface area contributed by atoms with Crippen LogP contribution in [-0.4, -0.2) is 32.4 Å². The van der Waals surface area contributed by atoms with Gasteiger partial charge in [-0.25, -0.2) is 4.98 Å². The van der Waals surface area contributed by atoms with Gasteiger partial charge in [0.2, 0.25) is 5.95 Å². The third kappa shape index (κ3) is 1.80. The molecule has 1 saturated heterocycles. The van der Waals surface area contributed by atoms with Crippen molar-refractivity contribution in [1.29, 1.82) is 0 Å². The highest BCUT2D eigenvalue weighted by atomic mass is 35.5. The topological polar surface area (TPSA) is 88.1 Å². The van der Waals surface area contributed by atoms with E-state index in [0.717, 1.165) is 6.42 Å². The summed E-state index contributed by atoms with van der Waals surface area (Å²) < 4.78 is 12.9.